The smallest absolute Gasteiger partial charge is 0.338 e. The van der Waals surface area contributed by atoms with E-state index in [2.05, 4.69) is 11.2 Å². The van der Waals surface area contributed by atoms with Crippen LogP contribution in [0.1, 0.15) is 34.3 Å². The molecule has 4 nitrogen and oxygen atoms in total. The summed E-state index contributed by atoms with van der Waals surface area (Å²) >= 11 is 0. The summed E-state index contributed by atoms with van der Waals surface area (Å²) in [5, 5.41) is 2.44. The zero-order chi connectivity index (χ0) is 14.4. The Balaban J connectivity index is 1.93. The molecule has 0 saturated carbocycles. The van der Waals surface area contributed by atoms with Crippen molar-refractivity contribution >= 4 is 11.9 Å². The number of nitrogens with one attached hydrogen (secondary N) is 1. The van der Waals surface area contributed by atoms with Crippen molar-refractivity contribution in [1.29, 1.82) is 0 Å². The van der Waals surface area contributed by atoms with Crippen LogP contribution in [-0.4, -0.2) is 25.0 Å². The lowest BCUT2D eigenvalue weighted by Gasteiger charge is -2.16. The predicted molar refractivity (Wildman–Crippen MR) is 75.2 cm³/mol. The first-order chi connectivity index (χ1) is 9.70. The highest BCUT2D eigenvalue weighted by Gasteiger charge is 2.14. The molecular formula is C16H17NO3. The van der Waals surface area contributed by atoms with Crippen molar-refractivity contribution in [3.8, 4) is 12.3 Å². The molecule has 1 aliphatic rings. The molecule has 0 bridgehead atoms. The second kappa shape index (κ2) is 6.76. The normalized spacial score (nSPS) is 12.9. The number of benzene rings is 1. The predicted octanol–water partition coefficient (Wildman–Crippen LogP) is 1.47. The van der Waals surface area contributed by atoms with E-state index in [1.54, 1.807) is 6.07 Å². The van der Waals surface area contributed by atoms with Crippen LogP contribution in [0.15, 0.2) is 18.2 Å². The van der Waals surface area contributed by atoms with Gasteiger partial charge in [0.2, 0.25) is 0 Å². The molecule has 104 valence electrons. The molecule has 1 aromatic carbocycles. The fraction of sp³-hybridized carbons (Fsp3) is 0.375. The highest BCUT2D eigenvalue weighted by molar-refractivity contribution is 5.91. The molecule has 20 heavy (non-hydrogen) atoms. The number of carbonyl (C=O) groups excluding carboxylic acids is 2. The molecule has 0 aromatic heterocycles. The van der Waals surface area contributed by atoms with Gasteiger partial charge in [0.1, 0.15) is 0 Å². The number of aryl methyl sites for hydroxylation is 2. The number of carbonyl (C=O) groups is 2. The monoisotopic (exact) mass is 271 g/mol. The summed E-state index contributed by atoms with van der Waals surface area (Å²) in [6.45, 7) is -0.174. The van der Waals surface area contributed by atoms with Crippen molar-refractivity contribution in [3.05, 3.63) is 34.9 Å². The van der Waals surface area contributed by atoms with Crippen molar-refractivity contribution in [2.75, 3.05) is 13.2 Å². The van der Waals surface area contributed by atoms with E-state index in [9.17, 15) is 9.59 Å². The standard InChI is InChI=1S/C16H17NO3/c1-2-9-17-15(18)11-20-16(19)14-8-7-12-5-3-4-6-13(12)10-14/h1,7-8,10H,3-6,9,11H2,(H,17,18). The first kappa shape index (κ1) is 14.1. The van der Waals surface area contributed by atoms with Crippen LogP contribution in [0, 0.1) is 12.3 Å². The van der Waals surface area contributed by atoms with E-state index in [1.165, 1.54) is 17.5 Å². The number of amides is 1. The maximum absolute atomic E-state index is 11.9. The van der Waals surface area contributed by atoms with Crippen LogP contribution >= 0.6 is 0 Å². The third kappa shape index (κ3) is 3.61. The molecule has 1 amide bonds. The Kier molecular flexibility index (Phi) is 4.78. The molecule has 1 N–H and O–H groups in total. The number of hydrogen-bond acceptors (Lipinski definition) is 3. The molecule has 0 heterocycles. The largest absolute Gasteiger partial charge is 0.452 e. The average molecular weight is 271 g/mol. The average Bonchev–Trinajstić information content (AvgIpc) is 2.50. The van der Waals surface area contributed by atoms with Gasteiger partial charge in [-0.3, -0.25) is 4.79 Å². The second-order valence-corrected chi connectivity index (χ2v) is 4.75. The van der Waals surface area contributed by atoms with Gasteiger partial charge in [-0.05, 0) is 48.9 Å². The van der Waals surface area contributed by atoms with Crippen LogP contribution in [0.25, 0.3) is 0 Å². The first-order valence-corrected chi connectivity index (χ1v) is 6.70. The van der Waals surface area contributed by atoms with Gasteiger partial charge in [0, 0.05) is 0 Å². The van der Waals surface area contributed by atoms with Crippen molar-refractivity contribution in [3.63, 3.8) is 0 Å². The molecule has 0 saturated heterocycles. The van der Waals surface area contributed by atoms with Gasteiger partial charge in [-0.25, -0.2) is 4.79 Å². The number of esters is 1. The van der Waals surface area contributed by atoms with Crippen LogP contribution in [0.5, 0.6) is 0 Å². The minimum Gasteiger partial charge on any atom is -0.452 e. The van der Waals surface area contributed by atoms with E-state index < -0.39 is 11.9 Å². The van der Waals surface area contributed by atoms with Crippen LogP contribution < -0.4 is 5.32 Å². The zero-order valence-corrected chi connectivity index (χ0v) is 11.3. The minimum absolute atomic E-state index is 0.134. The van der Waals surface area contributed by atoms with E-state index in [0.29, 0.717) is 5.56 Å². The van der Waals surface area contributed by atoms with Crippen LogP contribution in [0.2, 0.25) is 0 Å². The third-order valence-electron chi connectivity index (χ3n) is 3.31. The number of terminal acetylenes is 1. The topological polar surface area (TPSA) is 55.4 Å². The number of rotatable bonds is 4. The molecule has 4 heteroatoms. The Morgan fingerprint density at radius 2 is 2.00 bits per heavy atom. The third-order valence-corrected chi connectivity index (χ3v) is 3.31. The van der Waals surface area contributed by atoms with Gasteiger partial charge in [-0.1, -0.05) is 12.0 Å². The molecule has 0 aliphatic heterocycles. The summed E-state index contributed by atoms with van der Waals surface area (Å²) in [5.41, 5.74) is 3.01. The maximum Gasteiger partial charge on any atom is 0.338 e. The lowest BCUT2D eigenvalue weighted by atomic mass is 9.90. The molecule has 0 radical (unpaired) electrons. The fourth-order valence-corrected chi connectivity index (χ4v) is 2.28. The van der Waals surface area contributed by atoms with Crippen molar-refractivity contribution in [1.82, 2.24) is 5.32 Å². The van der Waals surface area contributed by atoms with Gasteiger partial charge in [0.05, 0.1) is 12.1 Å². The van der Waals surface area contributed by atoms with Gasteiger partial charge >= 0.3 is 5.97 Å². The lowest BCUT2D eigenvalue weighted by molar-refractivity contribution is -0.123. The summed E-state index contributed by atoms with van der Waals surface area (Å²) in [4.78, 5) is 23.2. The Bertz CT molecular complexity index is 557. The molecule has 0 spiro atoms. The summed E-state index contributed by atoms with van der Waals surface area (Å²) < 4.78 is 4.96. The van der Waals surface area contributed by atoms with Crippen molar-refractivity contribution in [2.24, 2.45) is 0 Å². The maximum atomic E-state index is 11.9. The molecule has 2 rings (SSSR count). The van der Waals surface area contributed by atoms with Gasteiger partial charge < -0.3 is 10.1 Å². The number of ether oxygens (including phenoxy) is 1. The SMILES string of the molecule is C#CCNC(=O)COC(=O)c1ccc2c(c1)CCCC2. The van der Waals surface area contributed by atoms with E-state index in [1.807, 2.05) is 12.1 Å². The second-order valence-electron chi connectivity index (χ2n) is 4.75. The quantitative estimate of drug-likeness (QED) is 0.666. The molecule has 0 atom stereocenters. The minimum atomic E-state index is -0.478. The van der Waals surface area contributed by atoms with E-state index >= 15 is 0 Å². The van der Waals surface area contributed by atoms with E-state index in [-0.39, 0.29) is 13.2 Å². The Morgan fingerprint density at radius 3 is 2.75 bits per heavy atom. The fourth-order valence-electron chi connectivity index (χ4n) is 2.28. The lowest BCUT2D eigenvalue weighted by Crippen LogP contribution is -2.29. The van der Waals surface area contributed by atoms with Crippen molar-refractivity contribution < 1.29 is 14.3 Å². The number of fused-ring (bicyclic) bond motifs is 1. The summed E-state index contributed by atoms with van der Waals surface area (Å²) in [7, 11) is 0. The van der Waals surface area contributed by atoms with Gasteiger partial charge in [-0.2, -0.15) is 0 Å². The van der Waals surface area contributed by atoms with Crippen LogP contribution in [0.3, 0.4) is 0 Å². The Morgan fingerprint density at radius 1 is 1.25 bits per heavy atom. The van der Waals surface area contributed by atoms with Gasteiger partial charge in [-0.15, -0.1) is 6.42 Å². The summed E-state index contributed by atoms with van der Waals surface area (Å²) in [6.07, 6.45) is 9.44. The molecule has 0 unspecified atom stereocenters. The Hall–Kier alpha value is -2.28. The van der Waals surface area contributed by atoms with Crippen molar-refractivity contribution in [2.45, 2.75) is 25.7 Å². The van der Waals surface area contributed by atoms with Crippen LogP contribution in [0.4, 0.5) is 0 Å². The summed E-state index contributed by atoms with van der Waals surface area (Å²) in [6, 6.07) is 5.60. The Labute approximate surface area is 118 Å². The van der Waals surface area contributed by atoms with E-state index in [0.717, 1.165) is 19.3 Å². The summed E-state index contributed by atoms with van der Waals surface area (Å²) in [5.74, 6) is 1.41. The highest BCUT2D eigenvalue weighted by atomic mass is 16.5. The van der Waals surface area contributed by atoms with Gasteiger partial charge in [0.25, 0.3) is 5.91 Å². The molecule has 0 fully saturated rings. The first-order valence-electron chi connectivity index (χ1n) is 6.70. The molecular weight excluding hydrogens is 254 g/mol. The zero-order valence-electron chi connectivity index (χ0n) is 11.3. The number of hydrogen-bond donors (Lipinski definition) is 1. The molecule has 1 aromatic rings. The van der Waals surface area contributed by atoms with Gasteiger partial charge in [0.15, 0.2) is 6.61 Å². The van der Waals surface area contributed by atoms with Crippen LogP contribution in [-0.2, 0) is 22.4 Å². The van der Waals surface area contributed by atoms with E-state index in [4.69, 9.17) is 11.2 Å². The molecule has 1 aliphatic carbocycles. The highest BCUT2D eigenvalue weighted by Crippen LogP contribution is 2.22.